The summed E-state index contributed by atoms with van der Waals surface area (Å²) in [7, 11) is 0. The van der Waals surface area contributed by atoms with E-state index in [1.807, 2.05) is 6.08 Å². The Morgan fingerprint density at radius 1 is 1.21 bits per heavy atom. The van der Waals surface area contributed by atoms with Crippen LogP contribution in [0, 0.1) is 23.2 Å². The number of unbranched alkanes of at least 4 members (excludes halogenated alkanes) is 3. The fourth-order valence-electron chi connectivity index (χ4n) is 5.41. The van der Waals surface area contributed by atoms with Gasteiger partial charge in [0, 0.05) is 30.3 Å². The maximum atomic E-state index is 13.1. The van der Waals surface area contributed by atoms with Gasteiger partial charge in [-0.15, -0.1) is 0 Å². The Kier molecular flexibility index (Phi) is 5.80. The number of fused-ring (bicyclic) bond motifs is 3. The molecule has 1 saturated carbocycles. The van der Waals surface area contributed by atoms with Crippen molar-refractivity contribution in [2.45, 2.75) is 91.6 Å². The van der Waals surface area contributed by atoms with Crippen molar-refractivity contribution in [2.24, 2.45) is 23.2 Å². The van der Waals surface area contributed by atoms with Crippen molar-refractivity contribution in [1.29, 1.82) is 0 Å². The zero-order chi connectivity index (χ0) is 20.7. The summed E-state index contributed by atoms with van der Waals surface area (Å²) in [6.07, 6.45) is 9.22. The van der Waals surface area contributed by atoms with E-state index in [0.717, 1.165) is 19.3 Å². The van der Waals surface area contributed by atoms with Gasteiger partial charge in [-0.2, -0.15) is 0 Å². The monoisotopic (exact) mass is 388 g/mol. The van der Waals surface area contributed by atoms with E-state index < -0.39 is 5.60 Å². The minimum Gasteiger partial charge on any atom is -0.504 e. The standard InChI is InChI=1S/C24H36O4/c1-6-7-8-9-12-23(2,3)18-14-19-20(22(27)21(18)26)16-13-15(25)10-11-17(16)24(4,5)28-19/h14,16-18,27H,6-13H2,1-5H3/t16-,17+,18?/m1/s1. The number of carbonyl (C=O) groups excluding carboxylic acids is 2. The molecule has 156 valence electrons. The van der Waals surface area contributed by atoms with Crippen LogP contribution in [0.1, 0.15) is 86.0 Å². The fourth-order valence-corrected chi connectivity index (χ4v) is 5.41. The molecule has 0 spiro atoms. The second-order valence-corrected chi connectivity index (χ2v) is 10.1. The number of ether oxygens (including phenoxy) is 1. The summed E-state index contributed by atoms with van der Waals surface area (Å²) in [5, 5.41) is 10.9. The maximum Gasteiger partial charge on any atom is 0.205 e. The highest BCUT2D eigenvalue weighted by Gasteiger charge is 2.52. The lowest BCUT2D eigenvalue weighted by atomic mass is 9.62. The van der Waals surface area contributed by atoms with E-state index in [-0.39, 0.29) is 40.5 Å². The molecule has 28 heavy (non-hydrogen) atoms. The van der Waals surface area contributed by atoms with Crippen LogP contribution in [-0.2, 0) is 14.3 Å². The molecule has 0 radical (unpaired) electrons. The predicted molar refractivity (Wildman–Crippen MR) is 110 cm³/mol. The number of allylic oxidation sites excluding steroid dienone is 3. The van der Waals surface area contributed by atoms with E-state index in [4.69, 9.17) is 4.74 Å². The van der Waals surface area contributed by atoms with E-state index in [1.165, 1.54) is 19.3 Å². The topological polar surface area (TPSA) is 63.6 Å². The third-order valence-electron chi connectivity index (χ3n) is 7.18. The van der Waals surface area contributed by atoms with Gasteiger partial charge in [0.15, 0.2) is 5.76 Å². The zero-order valence-corrected chi connectivity index (χ0v) is 18.1. The van der Waals surface area contributed by atoms with Gasteiger partial charge in [0.25, 0.3) is 0 Å². The smallest absolute Gasteiger partial charge is 0.205 e. The average Bonchev–Trinajstić information content (AvgIpc) is 2.60. The summed E-state index contributed by atoms with van der Waals surface area (Å²) >= 11 is 0. The van der Waals surface area contributed by atoms with Crippen molar-refractivity contribution in [3.63, 3.8) is 0 Å². The van der Waals surface area contributed by atoms with E-state index in [9.17, 15) is 14.7 Å². The molecule has 1 N–H and O–H groups in total. The molecule has 0 aromatic carbocycles. The lowest BCUT2D eigenvalue weighted by molar-refractivity contribution is -0.131. The van der Waals surface area contributed by atoms with Gasteiger partial charge in [-0.25, -0.2) is 0 Å². The number of hydrogen-bond donors (Lipinski definition) is 1. The first-order chi connectivity index (χ1) is 13.1. The predicted octanol–water partition coefficient (Wildman–Crippen LogP) is 5.67. The molecule has 4 nitrogen and oxygen atoms in total. The van der Waals surface area contributed by atoms with Gasteiger partial charge >= 0.3 is 0 Å². The second kappa shape index (κ2) is 7.68. The normalized spacial score (nSPS) is 29.8. The number of ketones is 2. The largest absolute Gasteiger partial charge is 0.504 e. The van der Waals surface area contributed by atoms with Crippen molar-refractivity contribution in [1.82, 2.24) is 0 Å². The van der Waals surface area contributed by atoms with Gasteiger partial charge in [0.05, 0.1) is 5.92 Å². The van der Waals surface area contributed by atoms with Gasteiger partial charge in [-0.1, -0.05) is 46.5 Å². The van der Waals surface area contributed by atoms with Crippen LogP contribution in [0.5, 0.6) is 0 Å². The molecule has 0 amide bonds. The molecule has 3 atom stereocenters. The number of Topliss-reactive ketones (excluding diaryl/α,β-unsaturated/α-hetero) is 2. The Bertz CT molecular complexity index is 710. The lowest BCUT2D eigenvalue weighted by Crippen LogP contribution is -2.49. The number of aliphatic hydroxyl groups excluding tert-OH is 1. The van der Waals surface area contributed by atoms with E-state index in [1.54, 1.807) is 0 Å². The van der Waals surface area contributed by atoms with Crippen LogP contribution >= 0.6 is 0 Å². The second-order valence-electron chi connectivity index (χ2n) is 10.1. The molecule has 1 heterocycles. The molecule has 1 unspecified atom stereocenters. The highest BCUT2D eigenvalue weighted by atomic mass is 16.5. The average molecular weight is 389 g/mol. The van der Waals surface area contributed by atoms with Crippen molar-refractivity contribution < 1.29 is 19.4 Å². The highest BCUT2D eigenvalue weighted by molar-refractivity contribution is 5.99. The molecule has 1 aliphatic heterocycles. The highest BCUT2D eigenvalue weighted by Crippen LogP contribution is 2.53. The molecule has 2 aliphatic carbocycles. The van der Waals surface area contributed by atoms with Gasteiger partial charge in [0.2, 0.25) is 5.78 Å². The van der Waals surface area contributed by atoms with Crippen LogP contribution in [0.3, 0.4) is 0 Å². The number of rotatable bonds is 6. The van der Waals surface area contributed by atoms with Crippen molar-refractivity contribution >= 4 is 11.6 Å². The summed E-state index contributed by atoms with van der Waals surface area (Å²) in [5.74, 6) is 0.108. The first kappa shape index (κ1) is 21.1. The molecule has 0 aromatic rings. The lowest BCUT2D eigenvalue weighted by Gasteiger charge is -2.50. The van der Waals surface area contributed by atoms with Gasteiger partial charge in [-0.05, 0) is 38.2 Å². The van der Waals surface area contributed by atoms with Gasteiger partial charge in [-0.3, -0.25) is 9.59 Å². The van der Waals surface area contributed by atoms with Crippen LogP contribution in [-0.4, -0.2) is 22.3 Å². The number of aliphatic hydroxyl groups is 1. The van der Waals surface area contributed by atoms with Crippen molar-refractivity contribution in [2.75, 3.05) is 0 Å². The van der Waals surface area contributed by atoms with Gasteiger partial charge < -0.3 is 9.84 Å². The first-order valence-corrected chi connectivity index (χ1v) is 11.0. The molecule has 2 fully saturated rings. The van der Waals surface area contributed by atoms with Crippen LogP contribution in [0.25, 0.3) is 0 Å². The summed E-state index contributed by atoms with van der Waals surface area (Å²) < 4.78 is 6.35. The summed E-state index contributed by atoms with van der Waals surface area (Å²) in [4.78, 5) is 25.3. The Hall–Kier alpha value is -1.58. The third kappa shape index (κ3) is 3.79. The number of hydrogen-bond acceptors (Lipinski definition) is 4. The molecule has 3 rings (SSSR count). The quantitative estimate of drug-likeness (QED) is 0.595. The molecule has 1 saturated heterocycles. The zero-order valence-electron chi connectivity index (χ0n) is 18.1. The van der Waals surface area contributed by atoms with Crippen molar-refractivity contribution in [3.8, 4) is 0 Å². The minimum atomic E-state index is -0.406. The SMILES string of the molecule is CCCCCCC(C)(C)C1C=C2OC(C)(C)[C@H]3CCC(=O)C[C@H]3C2=C(O)C1=O. The third-order valence-corrected chi connectivity index (χ3v) is 7.18. The molecular formula is C24H36O4. The summed E-state index contributed by atoms with van der Waals surface area (Å²) in [6.45, 7) is 10.5. The first-order valence-electron chi connectivity index (χ1n) is 11.0. The van der Waals surface area contributed by atoms with Crippen LogP contribution in [0.2, 0.25) is 0 Å². The molecule has 3 aliphatic rings. The van der Waals surface area contributed by atoms with Crippen LogP contribution in [0.15, 0.2) is 23.2 Å². The summed E-state index contributed by atoms with van der Waals surface area (Å²) in [5.41, 5.74) is -0.0678. The number of carbonyl (C=O) groups is 2. The maximum absolute atomic E-state index is 13.1. The van der Waals surface area contributed by atoms with E-state index in [0.29, 0.717) is 24.2 Å². The van der Waals surface area contributed by atoms with Crippen LogP contribution < -0.4 is 0 Å². The van der Waals surface area contributed by atoms with E-state index in [2.05, 4.69) is 34.6 Å². The minimum absolute atomic E-state index is 0.117. The Balaban J connectivity index is 1.90. The molecular weight excluding hydrogens is 352 g/mol. The Labute approximate surface area is 169 Å². The van der Waals surface area contributed by atoms with E-state index >= 15 is 0 Å². The molecule has 4 heteroatoms. The van der Waals surface area contributed by atoms with Gasteiger partial charge in [0.1, 0.15) is 17.1 Å². The summed E-state index contributed by atoms with van der Waals surface area (Å²) in [6, 6.07) is 0. The fraction of sp³-hybridized carbons (Fsp3) is 0.750. The van der Waals surface area contributed by atoms with Crippen LogP contribution in [0.4, 0.5) is 0 Å². The molecule has 0 bridgehead atoms. The van der Waals surface area contributed by atoms with Crippen molar-refractivity contribution in [3.05, 3.63) is 23.2 Å². The Morgan fingerprint density at radius 2 is 1.93 bits per heavy atom. The Morgan fingerprint density at radius 3 is 2.61 bits per heavy atom. The molecule has 0 aromatic heterocycles.